The molecule has 4 rings (SSSR count). The highest BCUT2D eigenvalue weighted by Gasteiger charge is 2.15. The lowest BCUT2D eigenvalue weighted by Crippen LogP contribution is -2.12. The Hall–Kier alpha value is -3.05. The van der Waals surface area contributed by atoms with Crippen LogP contribution in [0.1, 0.15) is 5.56 Å². The maximum atomic E-state index is 11.5. The summed E-state index contributed by atoms with van der Waals surface area (Å²) in [6, 6.07) is 16.4. The van der Waals surface area contributed by atoms with Crippen LogP contribution < -0.4 is 15.8 Å². The number of aromatic nitrogens is 2. The molecule has 0 saturated heterocycles. The third-order valence-electron chi connectivity index (χ3n) is 4.63. The van der Waals surface area contributed by atoms with Crippen molar-refractivity contribution in [3.63, 3.8) is 0 Å². The van der Waals surface area contributed by atoms with E-state index in [1.54, 1.807) is 12.1 Å². The van der Waals surface area contributed by atoms with Gasteiger partial charge >= 0.3 is 0 Å². The van der Waals surface area contributed by atoms with Crippen molar-refractivity contribution in [2.24, 2.45) is 5.14 Å². The molecule has 0 atom stereocenters. The van der Waals surface area contributed by atoms with Crippen molar-refractivity contribution in [3.8, 4) is 11.1 Å². The van der Waals surface area contributed by atoms with Gasteiger partial charge < -0.3 is 15.7 Å². The van der Waals surface area contributed by atoms with Crippen LogP contribution in [-0.4, -0.2) is 36.6 Å². The SMILES string of the molecule is NS(=O)(=O)c1ccc(CNc2nc(NCCO)nc3scc(-c4ccccc4)c23)cc1. The molecule has 2 aromatic heterocycles. The molecule has 0 saturated carbocycles. The molecule has 0 aliphatic heterocycles. The minimum Gasteiger partial charge on any atom is -0.395 e. The second kappa shape index (κ2) is 8.98. The Balaban J connectivity index is 1.69. The van der Waals surface area contributed by atoms with E-state index in [2.05, 4.69) is 26.0 Å². The molecule has 0 fully saturated rings. The third-order valence-corrected chi connectivity index (χ3v) is 6.43. The molecule has 0 aliphatic rings. The Morgan fingerprint density at radius 2 is 1.74 bits per heavy atom. The molecule has 2 aromatic carbocycles. The van der Waals surface area contributed by atoms with E-state index < -0.39 is 10.0 Å². The van der Waals surface area contributed by atoms with Gasteiger partial charge in [0, 0.05) is 24.0 Å². The molecule has 10 heteroatoms. The molecule has 5 N–H and O–H groups in total. The summed E-state index contributed by atoms with van der Waals surface area (Å²) < 4.78 is 22.9. The fourth-order valence-electron chi connectivity index (χ4n) is 3.13. The van der Waals surface area contributed by atoms with Gasteiger partial charge in [0.05, 0.1) is 16.9 Å². The normalized spacial score (nSPS) is 11.5. The molecule has 8 nitrogen and oxygen atoms in total. The molecule has 0 spiro atoms. The fraction of sp³-hybridized carbons (Fsp3) is 0.143. The second-order valence-electron chi connectivity index (χ2n) is 6.78. The van der Waals surface area contributed by atoms with Crippen LogP contribution in [0.3, 0.4) is 0 Å². The number of fused-ring (bicyclic) bond motifs is 1. The summed E-state index contributed by atoms with van der Waals surface area (Å²) in [5.41, 5.74) is 2.97. The molecule has 0 radical (unpaired) electrons. The number of hydrogen-bond donors (Lipinski definition) is 4. The van der Waals surface area contributed by atoms with Crippen LogP contribution in [0.5, 0.6) is 0 Å². The van der Waals surface area contributed by atoms with Crippen LogP contribution in [0.4, 0.5) is 11.8 Å². The molecule has 0 bridgehead atoms. The number of hydrogen-bond acceptors (Lipinski definition) is 8. The van der Waals surface area contributed by atoms with Gasteiger partial charge in [0.2, 0.25) is 16.0 Å². The van der Waals surface area contributed by atoms with Gasteiger partial charge in [0.15, 0.2) is 0 Å². The zero-order valence-electron chi connectivity index (χ0n) is 16.4. The molecule has 160 valence electrons. The lowest BCUT2D eigenvalue weighted by Gasteiger charge is -2.12. The number of nitrogens with two attached hydrogens (primary N) is 1. The zero-order valence-corrected chi connectivity index (χ0v) is 18.1. The van der Waals surface area contributed by atoms with Gasteiger partial charge in [0.1, 0.15) is 10.6 Å². The van der Waals surface area contributed by atoms with Crippen LogP contribution in [0.25, 0.3) is 21.3 Å². The van der Waals surface area contributed by atoms with Crippen LogP contribution >= 0.6 is 11.3 Å². The smallest absolute Gasteiger partial charge is 0.238 e. The zero-order chi connectivity index (χ0) is 21.8. The number of primary sulfonamides is 1. The van der Waals surface area contributed by atoms with E-state index in [0.717, 1.165) is 26.9 Å². The first-order valence-electron chi connectivity index (χ1n) is 9.51. The fourth-order valence-corrected chi connectivity index (χ4v) is 4.59. The number of nitrogens with one attached hydrogen (secondary N) is 2. The van der Waals surface area contributed by atoms with E-state index in [9.17, 15) is 8.42 Å². The number of benzene rings is 2. The van der Waals surface area contributed by atoms with Gasteiger partial charge in [-0.05, 0) is 23.3 Å². The lowest BCUT2D eigenvalue weighted by atomic mass is 10.1. The van der Waals surface area contributed by atoms with E-state index in [-0.39, 0.29) is 11.5 Å². The third kappa shape index (κ3) is 4.83. The van der Waals surface area contributed by atoms with Crippen molar-refractivity contribution in [1.29, 1.82) is 0 Å². The number of sulfonamides is 1. The molecule has 4 aromatic rings. The Kier molecular flexibility index (Phi) is 6.14. The van der Waals surface area contributed by atoms with Crippen molar-refractivity contribution >= 4 is 43.3 Å². The summed E-state index contributed by atoms with van der Waals surface area (Å²) in [4.78, 5) is 10.1. The van der Waals surface area contributed by atoms with E-state index in [1.165, 1.54) is 23.5 Å². The summed E-state index contributed by atoms with van der Waals surface area (Å²) in [7, 11) is -3.73. The van der Waals surface area contributed by atoms with Crippen molar-refractivity contribution in [2.45, 2.75) is 11.4 Å². The highest BCUT2D eigenvalue weighted by atomic mass is 32.2. The van der Waals surface area contributed by atoms with Gasteiger partial charge in [-0.25, -0.2) is 18.5 Å². The van der Waals surface area contributed by atoms with E-state index in [4.69, 9.17) is 10.2 Å². The van der Waals surface area contributed by atoms with Crippen LogP contribution in [-0.2, 0) is 16.6 Å². The molecular weight excluding hydrogens is 434 g/mol. The van der Waals surface area contributed by atoms with Crippen molar-refractivity contribution < 1.29 is 13.5 Å². The molecule has 2 heterocycles. The second-order valence-corrected chi connectivity index (χ2v) is 9.20. The van der Waals surface area contributed by atoms with Gasteiger partial charge in [-0.1, -0.05) is 42.5 Å². The van der Waals surface area contributed by atoms with Crippen LogP contribution in [0.2, 0.25) is 0 Å². The Labute approximate surface area is 183 Å². The van der Waals surface area contributed by atoms with Gasteiger partial charge in [0.25, 0.3) is 0 Å². The molecular formula is C21H21N5O3S2. The highest BCUT2D eigenvalue weighted by Crippen LogP contribution is 2.37. The van der Waals surface area contributed by atoms with Crippen LogP contribution in [0.15, 0.2) is 64.9 Å². The Morgan fingerprint density at radius 1 is 1.00 bits per heavy atom. The van der Waals surface area contributed by atoms with Gasteiger partial charge in [-0.2, -0.15) is 4.98 Å². The first-order valence-corrected chi connectivity index (χ1v) is 11.9. The molecule has 31 heavy (non-hydrogen) atoms. The number of anilines is 2. The Morgan fingerprint density at radius 3 is 2.42 bits per heavy atom. The van der Waals surface area contributed by atoms with Crippen molar-refractivity contribution in [1.82, 2.24) is 9.97 Å². The molecule has 0 amide bonds. The number of aliphatic hydroxyl groups is 1. The summed E-state index contributed by atoms with van der Waals surface area (Å²) in [6.07, 6.45) is 0. The van der Waals surface area contributed by atoms with Crippen LogP contribution in [0, 0.1) is 0 Å². The maximum Gasteiger partial charge on any atom is 0.238 e. The first-order chi connectivity index (χ1) is 15.0. The largest absolute Gasteiger partial charge is 0.395 e. The minimum absolute atomic E-state index is 0.0275. The summed E-state index contributed by atoms with van der Waals surface area (Å²) in [5, 5.41) is 23.6. The quantitative estimate of drug-likeness (QED) is 0.321. The minimum atomic E-state index is -3.73. The maximum absolute atomic E-state index is 11.5. The number of thiophene rings is 1. The highest BCUT2D eigenvalue weighted by molar-refractivity contribution is 7.89. The standard InChI is InChI=1S/C21H21N5O3S2/c22-31(28,29)16-8-6-14(7-9-16)12-24-19-18-17(15-4-2-1-3-5-15)13-30-20(18)26-21(25-19)23-10-11-27/h1-9,13,27H,10-12H2,(H2,22,28,29)(H2,23,24,25,26). The average Bonchev–Trinajstić information content (AvgIpc) is 3.20. The van der Waals surface area contributed by atoms with Crippen molar-refractivity contribution in [3.05, 3.63) is 65.5 Å². The summed E-state index contributed by atoms with van der Waals surface area (Å²) in [6.45, 7) is 0.748. The van der Waals surface area contributed by atoms with E-state index in [0.29, 0.717) is 24.9 Å². The first kappa shape index (κ1) is 21.2. The monoisotopic (exact) mass is 455 g/mol. The summed E-state index contributed by atoms with van der Waals surface area (Å²) in [5.74, 6) is 1.08. The van der Waals surface area contributed by atoms with E-state index >= 15 is 0 Å². The summed E-state index contributed by atoms with van der Waals surface area (Å²) >= 11 is 1.52. The predicted octanol–water partition coefficient (Wildman–Crippen LogP) is 3.02. The number of nitrogens with zero attached hydrogens (tertiary/aromatic N) is 2. The van der Waals surface area contributed by atoms with Crippen molar-refractivity contribution in [2.75, 3.05) is 23.8 Å². The predicted molar refractivity (Wildman–Crippen MR) is 124 cm³/mol. The number of rotatable bonds is 8. The molecule has 0 aliphatic carbocycles. The topological polar surface area (TPSA) is 130 Å². The average molecular weight is 456 g/mol. The Bertz CT molecular complexity index is 1290. The van der Waals surface area contributed by atoms with Gasteiger partial charge in [-0.3, -0.25) is 0 Å². The van der Waals surface area contributed by atoms with E-state index in [1.807, 2.05) is 30.3 Å². The van der Waals surface area contributed by atoms with Gasteiger partial charge in [-0.15, -0.1) is 11.3 Å². The lowest BCUT2D eigenvalue weighted by molar-refractivity contribution is 0.311. The molecule has 0 unspecified atom stereocenters. The number of aliphatic hydroxyl groups excluding tert-OH is 1.